The van der Waals surface area contributed by atoms with Gasteiger partial charge in [-0.05, 0) is 0 Å². The highest BCUT2D eigenvalue weighted by Gasteiger charge is 1.61. The number of terminal acetylenes is 1. The Morgan fingerprint density at radius 3 is 2.60 bits per heavy atom. The molecule has 0 atom stereocenters. The van der Waals surface area contributed by atoms with Crippen LogP contribution in [0.5, 0.6) is 0 Å². The van der Waals surface area contributed by atoms with E-state index in [0.717, 1.165) is 5.75 Å². The SMILES string of the molecule is C#CCS[CH2]. The molecule has 27 valence electrons. The standard InChI is InChI=1S/C4H5S/c1-3-4-5-2/h1H,2,4H2. The topological polar surface area (TPSA) is 0 Å². The third-order valence-electron chi connectivity index (χ3n) is 0.185. The van der Waals surface area contributed by atoms with Crippen LogP contribution in [0.25, 0.3) is 0 Å². The second-order valence-electron chi connectivity index (χ2n) is 0.553. The van der Waals surface area contributed by atoms with Crippen molar-refractivity contribution in [3.63, 3.8) is 0 Å². The lowest BCUT2D eigenvalue weighted by atomic mass is 10.8. The Kier molecular flexibility index (Phi) is 3.84. The van der Waals surface area contributed by atoms with E-state index in [9.17, 15) is 0 Å². The minimum Gasteiger partial charge on any atom is -0.148 e. The highest BCUT2D eigenvalue weighted by molar-refractivity contribution is 8.00. The molecule has 0 aromatic carbocycles. The lowest BCUT2D eigenvalue weighted by molar-refractivity contribution is 1.97. The first kappa shape index (κ1) is 4.91. The van der Waals surface area contributed by atoms with Crippen LogP contribution >= 0.6 is 11.8 Å². The Bertz CT molecular complexity index is 42.1. The van der Waals surface area contributed by atoms with E-state index >= 15 is 0 Å². The fourth-order valence-corrected chi connectivity index (χ4v) is 0.177. The molecule has 0 aliphatic heterocycles. The van der Waals surface area contributed by atoms with E-state index in [1.165, 1.54) is 11.8 Å². The molecule has 0 aliphatic rings. The van der Waals surface area contributed by atoms with Crippen molar-refractivity contribution >= 4 is 11.8 Å². The van der Waals surface area contributed by atoms with Gasteiger partial charge in [-0.2, -0.15) is 0 Å². The molecule has 0 saturated heterocycles. The minimum absolute atomic E-state index is 0.722. The summed E-state index contributed by atoms with van der Waals surface area (Å²) in [6.45, 7) is 0. The van der Waals surface area contributed by atoms with Crippen LogP contribution in [0.15, 0.2) is 0 Å². The van der Waals surface area contributed by atoms with Crippen molar-refractivity contribution in [1.29, 1.82) is 0 Å². The normalized spacial score (nSPS) is 6.40. The van der Waals surface area contributed by atoms with Crippen molar-refractivity contribution in [1.82, 2.24) is 0 Å². The molecule has 0 bridgehead atoms. The maximum Gasteiger partial charge on any atom is 0.0545 e. The summed E-state index contributed by atoms with van der Waals surface area (Å²) in [6.07, 6.45) is 8.28. The minimum atomic E-state index is 0.722. The Morgan fingerprint density at radius 1 is 2.00 bits per heavy atom. The van der Waals surface area contributed by atoms with E-state index in [0.29, 0.717) is 0 Å². The third-order valence-corrected chi connectivity index (χ3v) is 0.556. The van der Waals surface area contributed by atoms with E-state index in [2.05, 4.69) is 12.2 Å². The first-order valence-corrected chi connectivity index (χ1v) is 2.37. The maximum atomic E-state index is 4.83. The van der Waals surface area contributed by atoms with Gasteiger partial charge in [0.25, 0.3) is 0 Å². The zero-order valence-corrected chi connectivity index (χ0v) is 3.72. The molecule has 0 unspecified atom stereocenters. The largest absolute Gasteiger partial charge is 0.148 e. The van der Waals surface area contributed by atoms with E-state index in [4.69, 9.17) is 6.42 Å². The van der Waals surface area contributed by atoms with Gasteiger partial charge in [0, 0.05) is 6.26 Å². The monoisotopic (exact) mass is 85.0 g/mol. The van der Waals surface area contributed by atoms with Gasteiger partial charge < -0.3 is 0 Å². The molecule has 0 amide bonds. The van der Waals surface area contributed by atoms with Gasteiger partial charge in [0.2, 0.25) is 0 Å². The van der Waals surface area contributed by atoms with Gasteiger partial charge >= 0.3 is 0 Å². The molecule has 0 fully saturated rings. The summed E-state index contributed by atoms with van der Waals surface area (Å²) in [5.74, 6) is 3.14. The van der Waals surface area contributed by atoms with Crippen LogP contribution in [-0.2, 0) is 0 Å². The number of hydrogen-bond donors (Lipinski definition) is 0. The fraction of sp³-hybridized carbons (Fsp3) is 0.250. The first-order chi connectivity index (χ1) is 2.41. The molecule has 0 aromatic heterocycles. The molecule has 1 radical (unpaired) electrons. The van der Waals surface area contributed by atoms with Gasteiger partial charge in [0.1, 0.15) is 0 Å². The van der Waals surface area contributed by atoms with Crippen LogP contribution in [-0.4, -0.2) is 5.75 Å². The summed E-state index contributed by atoms with van der Waals surface area (Å²) < 4.78 is 0. The van der Waals surface area contributed by atoms with Gasteiger partial charge in [0.05, 0.1) is 5.75 Å². The molecule has 0 N–H and O–H groups in total. The number of thioether (sulfide) groups is 1. The summed E-state index contributed by atoms with van der Waals surface area (Å²) >= 11 is 1.42. The predicted molar refractivity (Wildman–Crippen MR) is 26.6 cm³/mol. The smallest absolute Gasteiger partial charge is 0.0545 e. The predicted octanol–water partition coefficient (Wildman–Crippen LogP) is 1.14. The average molecular weight is 85.2 g/mol. The van der Waals surface area contributed by atoms with Crippen molar-refractivity contribution in [3.8, 4) is 12.3 Å². The summed E-state index contributed by atoms with van der Waals surface area (Å²) in [5.41, 5.74) is 0. The highest BCUT2D eigenvalue weighted by Crippen LogP contribution is 1.88. The van der Waals surface area contributed by atoms with Crippen LogP contribution < -0.4 is 0 Å². The average Bonchev–Trinajstić information content (AvgIpc) is 1.41. The van der Waals surface area contributed by atoms with E-state index in [1.807, 2.05) is 0 Å². The summed E-state index contributed by atoms with van der Waals surface area (Å²) in [5, 5.41) is 0. The van der Waals surface area contributed by atoms with Crippen LogP contribution in [0.4, 0.5) is 0 Å². The Balaban J connectivity index is 2.48. The quantitative estimate of drug-likeness (QED) is 0.430. The van der Waals surface area contributed by atoms with Crippen molar-refractivity contribution in [2.45, 2.75) is 0 Å². The lowest BCUT2D eigenvalue weighted by Gasteiger charge is -1.70. The second-order valence-corrected chi connectivity index (χ2v) is 1.25. The van der Waals surface area contributed by atoms with Gasteiger partial charge in [-0.15, -0.1) is 18.2 Å². The Morgan fingerprint density at radius 2 is 2.60 bits per heavy atom. The van der Waals surface area contributed by atoms with Gasteiger partial charge in [-0.25, -0.2) is 0 Å². The second kappa shape index (κ2) is 3.91. The van der Waals surface area contributed by atoms with Crippen molar-refractivity contribution in [3.05, 3.63) is 6.26 Å². The van der Waals surface area contributed by atoms with Crippen molar-refractivity contribution in [2.24, 2.45) is 0 Å². The Labute approximate surface area is 37.0 Å². The van der Waals surface area contributed by atoms with E-state index in [-0.39, 0.29) is 0 Å². The van der Waals surface area contributed by atoms with Gasteiger partial charge in [0.15, 0.2) is 0 Å². The molecular formula is C4H5S. The molecule has 0 spiro atoms. The van der Waals surface area contributed by atoms with E-state index in [1.54, 1.807) is 0 Å². The van der Waals surface area contributed by atoms with Crippen molar-refractivity contribution in [2.75, 3.05) is 5.75 Å². The van der Waals surface area contributed by atoms with Crippen molar-refractivity contribution < 1.29 is 0 Å². The van der Waals surface area contributed by atoms with Crippen LogP contribution in [0.3, 0.4) is 0 Å². The summed E-state index contributed by atoms with van der Waals surface area (Å²) in [4.78, 5) is 0. The van der Waals surface area contributed by atoms with E-state index < -0.39 is 0 Å². The molecule has 0 nitrogen and oxygen atoms in total. The highest BCUT2D eigenvalue weighted by atomic mass is 32.2. The lowest BCUT2D eigenvalue weighted by Crippen LogP contribution is -1.56. The maximum absolute atomic E-state index is 4.83. The molecular weight excluding hydrogens is 80.1 g/mol. The zero-order valence-electron chi connectivity index (χ0n) is 2.90. The van der Waals surface area contributed by atoms with Gasteiger partial charge in [-0.1, -0.05) is 5.92 Å². The van der Waals surface area contributed by atoms with Crippen LogP contribution in [0.1, 0.15) is 0 Å². The molecule has 0 heterocycles. The summed E-state index contributed by atoms with van der Waals surface area (Å²) in [7, 11) is 0. The van der Waals surface area contributed by atoms with Crippen LogP contribution in [0.2, 0.25) is 0 Å². The fourth-order valence-electron chi connectivity index (χ4n) is 0.0589. The molecule has 1 heteroatoms. The molecule has 0 saturated carbocycles. The number of hydrogen-bond acceptors (Lipinski definition) is 1. The first-order valence-electron chi connectivity index (χ1n) is 1.22. The zero-order chi connectivity index (χ0) is 4.12. The molecule has 0 rings (SSSR count). The third kappa shape index (κ3) is 3.91. The molecule has 0 aliphatic carbocycles. The van der Waals surface area contributed by atoms with Gasteiger partial charge in [-0.3, -0.25) is 0 Å². The summed E-state index contributed by atoms with van der Waals surface area (Å²) in [6, 6.07) is 0. The Hall–Kier alpha value is -0.0900. The number of rotatable bonds is 1. The molecule has 0 aromatic rings. The van der Waals surface area contributed by atoms with Crippen LogP contribution in [0, 0.1) is 18.6 Å². The molecule has 5 heavy (non-hydrogen) atoms.